The van der Waals surface area contributed by atoms with Crippen molar-refractivity contribution in [3.63, 3.8) is 0 Å². The number of carbonyl (C=O) groups is 1. The Morgan fingerprint density at radius 1 is 0.692 bits per heavy atom. The molecule has 3 heteroatoms. The van der Waals surface area contributed by atoms with Gasteiger partial charge in [0.2, 0.25) is 0 Å². The molecule has 0 heterocycles. The van der Waals surface area contributed by atoms with Gasteiger partial charge in [0.1, 0.15) is 0 Å². The van der Waals surface area contributed by atoms with E-state index in [4.69, 9.17) is 4.74 Å². The van der Waals surface area contributed by atoms with Crippen molar-refractivity contribution in [1.29, 1.82) is 0 Å². The van der Waals surface area contributed by atoms with Crippen LogP contribution in [0.25, 0.3) is 0 Å². The summed E-state index contributed by atoms with van der Waals surface area (Å²) in [6.07, 6.45) is 20.9. The van der Waals surface area contributed by atoms with E-state index in [0.29, 0.717) is 6.61 Å². The maximum Gasteiger partial charge on any atom is 0.308 e. The third kappa shape index (κ3) is 17.4. The van der Waals surface area contributed by atoms with E-state index >= 15 is 0 Å². The lowest BCUT2D eigenvalue weighted by Gasteiger charge is -2.16. The highest BCUT2D eigenvalue weighted by Crippen LogP contribution is 2.21. The molecule has 0 saturated heterocycles. The Morgan fingerprint density at radius 2 is 1.15 bits per heavy atom. The minimum absolute atomic E-state index is 0.0750. The van der Waals surface area contributed by atoms with Crippen molar-refractivity contribution in [2.24, 2.45) is 5.92 Å². The van der Waals surface area contributed by atoms with Crippen molar-refractivity contribution in [3.8, 4) is 0 Å². The minimum atomic E-state index is 0.0750. The molecule has 0 fully saturated rings. The number of rotatable bonds is 20. The fourth-order valence-corrected chi connectivity index (χ4v) is 3.78. The summed E-state index contributed by atoms with van der Waals surface area (Å²) >= 11 is 3.45. The Morgan fingerprint density at radius 3 is 1.65 bits per heavy atom. The molecular formula is C23H45BrO2. The van der Waals surface area contributed by atoms with E-state index in [0.717, 1.165) is 37.4 Å². The fraction of sp³-hybridized carbons (Fsp3) is 0.957. The second kappa shape index (κ2) is 21.3. The van der Waals surface area contributed by atoms with Crippen LogP contribution in [-0.2, 0) is 9.53 Å². The van der Waals surface area contributed by atoms with Gasteiger partial charge in [-0.15, -0.1) is 0 Å². The lowest BCUT2D eigenvalue weighted by atomic mass is 9.94. The van der Waals surface area contributed by atoms with Crippen LogP contribution in [0.1, 0.15) is 123 Å². The molecule has 0 aromatic rings. The molecule has 0 aliphatic carbocycles. The SMILES string of the molecule is CCCCCCCCC(CCCCCCCC)C(=O)OCCCCCBr. The van der Waals surface area contributed by atoms with Crippen molar-refractivity contribution in [2.75, 3.05) is 11.9 Å². The van der Waals surface area contributed by atoms with Gasteiger partial charge in [-0.3, -0.25) is 4.79 Å². The smallest absolute Gasteiger partial charge is 0.308 e. The summed E-state index contributed by atoms with van der Waals surface area (Å²) in [4.78, 5) is 12.5. The predicted molar refractivity (Wildman–Crippen MR) is 118 cm³/mol. The molecule has 156 valence electrons. The lowest BCUT2D eigenvalue weighted by Crippen LogP contribution is -2.18. The normalized spacial score (nSPS) is 11.2. The van der Waals surface area contributed by atoms with E-state index in [1.807, 2.05) is 0 Å². The summed E-state index contributed by atoms with van der Waals surface area (Å²) in [5.41, 5.74) is 0. The van der Waals surface area contributed by atoms with Crippen LogP contribution < -0.4 is 0 Å². The van der Waals surface area contributed by atoms with Gasteiger partial charge in [-0.25, -0.2) is 0 Å². The molecule has 0 aliphatic rings. The number of hydrogen-bond donors (Lipinski definition) is 0. The number of unbranched alkanes of at least 4 members (excludes halogenated alkanes) is 12. The van der Waals surface area contributed by atoms with Gasteiger partial charge in [0.25, 0.3) is 0 Å². The van der Waals surface area contributed by atoms with Gasteiger partial charge in [-0.2, -0.15) is 0 Å². The van der Waals surface area contributed by atoms with Gasteiger partial charge in [0.05, 0.1) is 12.5 Å². The summed E-state index contributed by atoms with van der Waals surface area (Å²) < 4.78 is 5.59. The molecule has 0 atom stereocenters. The number of alkyl halides is 1. The largest absolute Gasteiger partial charge is 0.465 e. The maximum atomic E-state index is 12.5. The zero-order valence-electron chi connectivity index (χ0n) is 17.7. The molecule has 2 nitrogen and oxygen atoms in total. The molecule has 0 radical (unpaired) electrons. The highest BCUT2D eigenvalue weighted by atomic mass is 79.9. The first kappa shape index (κ1) is 26.0. The lowest BCUT2D eigenvalue weighted by molar-refractivity contribution is -0.149. The van der Waals surface area contributed by atoms with Gasteiger partial charge in [-0.05, 0) is 32.1 Å². The zero-order valence-corrected chi connectivity index (χ0v) is 19.3. The third-order valence-electron chi connectivity index (χ3n) is 5.17. The first-order valence-electron chi connectivity index (χ1n) is 11.5. The summed E-state index contributed by atoms with van der Waals surface area (Å²) in [6, 6.07) is 0. The monoisotopic (exact) mass is 432 g/mol. The standard InChI is InChI=1S/C23H45BrO2/c1-3-5-7-9-11-14-18-22(19-15-12-10-8-6-4-2)23(25)26-21-17-13-16-20-24/h22H,3-21H2,1-2H3. The van der Waals surface area contributed by atoms with Gasteiger partial charge in [-0.1, -0.05) is 107 Å². The summed E-state index contributed by atoms with van der Waals surface area (Å²) in [5.74, 6) is 0.217. The van der Waals surface area contributed by atoms with Crippen LogP contribution in [0.3, 0.4) is 0 Å². The molecule has 0 spiro atoms. The van der Waals surface area contributed by atoms with Crippen LogP contribution in [0.15, 0.2) is 0 Å². The Hall–Kier alpha value is -0.0500. The molecule has 0 aromatic carbocycles. The van der Waals surface area contributed by atoms with Crippen molar-refractivity contribution in [1.82, 2.24) is 0 Å². The van der Waals surface area contributed by atoms with Crippen LogP contribution in [-0.4, -0.2) is 17.9 Å². The number of halogens is 1. The van der Waals surface area contributed by atoms with E-state index in [1.54, 1.807) is 0 Å². The van der Waals surface area contributed by atoms with Crippen LogP contribution >= 0.6 is 15.9 Å². The Labute approximate surface area is 172 Å². The van der Waals surface area contributed by atoms with Crippen LogP contribution in [0.2, 0.25) is 0 Å². The molecule has 0 aromatic heterocycles. The van der Waals surface area contributed by atoms with Gasteiger partial charge < -0.3 is 4.74 Å². The summed E-state index contributed by atoms with van der Waals surface area (Å²) in [6.45, 7) is 5.12. The molecule has 26 heavy (non-hydrogen) atoms. The van der Waals surface area contributed by atoms with Crippen LogP contribution in [0.5, 0.6) is 0 Å². The van der Waals surface area contributed by atoms with Gasteiger partial charge >= 0.3 is 5.97 Å². The van der Waals surface area contributed by atoms with E-state index in [-0.39, 0.29) is 11.9 Å². The summed E-state index contributed by atoms with van der Waals surface area (Å²) in [5, 5.41) is 1.04. The highest BCUT2D eigenvalue weighted by Gasteiger charge is 2.19. The maximum absolute atomic E-state index is 12.5. The molecule has 0 amide bonds. The zero-order chi connectivity index (χ0) is 19.3. The Balaban J connectivity index is 4.02. The predicted octanol–water partition coefficient (Wildman–Crippen LogP) is 8.21. The molecule has 0 N–H and O–H groups in total. The van der Waals surface area contributed by atoms with E-state index in [9.17, 15) is 4.79 Å². The molecular weight excluding hydrogens is 388 g/mol. The Bertz CT molecular complexity index is 278. The number of hydrogen-bond acceptors (Lipinski definition) is 2. The van der Waals surface area contributed by atoms with Crippen LogP contribution in [0, 0.1) is 5.92 Å². The quantitative estimate of drug-likeness (QED) is 0.110. The minimum Gasteiger partial charge on any atom is -0.465 e. The van der Waals surface area contributed by atoms with Crippen molar-refractivity contribution in [2.45, 2.75) is 123 Å². The molecule has 0 unspecified atom stereocenters. The average molecular weight is 434 g/mol. The van der Waals surface area contributed by atoms with Crippen molar-refractivity contribution >= 4 is 21.9 Å². The van der Waals surface area contributed by atoms with Gasteiger partial charge in [0.15, 0.2) is 0 Å². The van der Waals surface area contributed by atoms with E-state index < -0.39 is 0 Å². The van der Waals surface area contributed by atoms with Crippen molar-refractivity contribution < 1.29 is 9.53 Å². The van der Waals surface area contributed by atoms with E-state index in [2.05, 4.69) is 29.8 Å². The molecule has 0 saturated carbocycles. The fourth-order valence-electron chi connectivity index (χ4n) is 3.39. The second-order valence-corrected chi connectivity index (χ2v) is 8.52. The number of esters is 1. The second-order valence-electron chi connectivity index (χ2n) is 7.73. The third-order valence-corrected chi connectivity index (χ3v) is 5.73. The average Bonchev–Trinajstić information content (AvgIpc) is 2.65. The highest BCUT2D eigenvalue weighted by molar-refractivity contribution is 9.09. The van der Waals surface area contributed by atoms with E-state index in [1.165, 1.54) is 77.0 Å². The first-order chi connectivity index (χ1) is 12.8. The topological polar surface area (TPSA) is 26.3 Å². The van der Waals surface area contributed by atoms with Gasteiger partial charge in [0, 0.05) is 5.33 Å². The van der Waals surface area contributed by atoms with Crippen LogP contribution in [0.4, 0.5) is 0 Å². The van der Waals surface area contributed by atoms with Crippen molar-refractivity contribution in [3.05, 3.63) is 0 Å². The molecule has 0 bridgehead atoms. The number of ether oxygens (including phenoxy) is 1. The Kier molecular flexibility index (Phi) is 21.2. The number of carbonyl (C=O) groups excluding carboxylic acids is 1. The molecule has 0 rings (SSSR count). The molecule has 0 aliphatic heterocycles. The summed E-state index contributed by atoms with van der Waals surface area (Å²) in [7, 11) is 0. The first-order valence-corrected chi connectivity index (χ1v) is 12.6.